The molecule has 2 aromatic rings. The van der Waals surface area contributed by atoms with Crippen LogP contribution in [0.2, 0.25) is 0 Å². The average Bonchev–Trinajstić information content (AvgIpc) is 2.60. The Balaban J connectivity index is 2.27. The van der Waals surface area contributed by atoms with E-state index in [2.05, 4.69) is 26.1 Å². The summed E-state index contributed by atoms with van der Waals surface area (Å²) < 4.78 is 42.1. The van der Waals surface area contributed by atoms with Gasteiger partial charge in [-0.3, -0.25) is 9.63 Å². The first-order chi connectivity index (χ1) is 12.3. The van der Waals surface area contributed by atoms with E-state index in [4.69, 9.17) is 10.2 Å². The minimum absolute atomic E-state index is 0.177. The van der Waals surface area contributed by atoms with Crippen molar-refractivity contribution in [1.29, 1.82) is 0 Å². The van der Waals surface area contributed by atoms with Crippen molar-refractivity contribution in [2.75, 3.05) is 18.5 Å². The summed E-state index contributed by atoms with van der Waals surface area (Å²) in [5.41, 5.74) is 0.798. The fourth-order valence-corrected chi connectivity index (χ4v) is 2.23. The van der Waals surface area contributed by atoms with Gasteiger partial charge in [-0.2, -0.15) is 0 Å². The molecule has 0 saturated carbocycles. The monoisotopic (exact) mass is 434 g/mol. The number of rotatable bonds is 7. The molecule has 0 aromatic heterocycles. The van der Waals surface area contributed by atoms with Crippen LogP contribution in [0.15, 0.2) is 34.8 Å². The van der Waals surface area contributed by atoms with Crippen molar-refractivity contribution in [3.05, 3.63) is 57.8 Å². The maximum absolute atomic E-state index is 14.2. The second-order valence-electron chi connectivity index (χ2n) is 5.11. The van der Waals surface area contributed by atoms with Gasteiger partial charge in [-0.1, -0.05) is 15.9 Å². The van der Waals surface area contributed by atoms with Gasteiger partial charge in [0.15, 0.2) is 11.6 Å². The van der Waals surface area contributed by atoms with Crippen LogP contribution in [0.25, 0.3) is 0 Å². The van der Waals surface area contributed by atoms with Gasteiger partial charge in [0.1, 0.15) is 18.5 Å². The fourth-order valence-electron chi connectivity index (χ4n) is 1.90. The first-order valence-corrected chi connectivity index (χ1v) is 8.04. The van der Waals surface area contributed by atoms with Crippen LogP contribution in [0.1, 0.15) is 10.4 Å². The highest BCUT2D eigenvalue weighted by molar-refractivity contribution is 9.10. The molecule has 4 N–H and O–H groups in total. The summed E-state index contributed by atoms with van der Waals surface area (Å²) in [6.07, 6.45) is -1.23. The van der Waals surface area contributed by atoms with Crippen LogP contribution >= 0.6 is 15.9 Å². The number of hydroxylamine groups is 1. The van der Waals surface area contributed by atoms with Crippen molar-refractivity contribution in [1.82, 2.24) is 5.48 Å². The molecular formula is C16H14BrF3N2O4. The van der Waals surface area contributed by atoms with E-state index in [1.54, 1.807) is 0 Å². The highest BCUT2D eigenvalue weighted by atomic mass is 79.9. The Morgan fingerprint density at radius 1 is 1.19 bits per heavy atom. The minimum Gasteiger partial charge on any atom is -0.394 e. The zero-order valence-corrected chi connectivity index (χ0v) is 14.7. The van der Waals surface area contributed by atoms with Crippen molar-refractivity contribution in [2.24, 2.45) is 0 Å². The predicted octanol–water partition coefficient (Wildman–Crippen LogP) is 2.62. The van der Waals surface area contributed by atoms with Gasteiger partial charge < -0.3 is 15.5 Å². The lowest BCUT2D eigenvalue weighted by Crippen LogP contribution is -2.30. The number of anilines is 2. The van der Waals surface area contributed by atoms with Crippen molar-refractivity contribution in [2.45, 2.75) is 6.10 Å². The van der Waals surface area contributed by atoms with Gasteiger partial charge in [0.25, 0.3) is 5.91 Å². The molecule has 0 aliphatic heterocycles. The molecule has 10 heteroatoms. The van der Waals surface area contributed by atoms with Crippen LogP contribution in [0.4, 0.5) is 24.5 Å². The SMILES string of the molecule is O=C(NOCC(O)CO)c1ccc(F)c(F)c1Nc1ccc(Br)cc1F. The second-order valence-corrected chi connectivity index (χ2v) is 6.03. The van der Waals surface area contributed by atoms with Crippen LogP contribution in [0.5, 0.6) is 0 Å². The number of aliphatic hydroxyl groups is 2. The lowest BCUT2D eigenvalue weighted by molar-refractivity contribution is -0.0295. The standard InChI is InChI=1S/C16H14BrF3N2O4/c17-8-1-4-13(12(19)5-8)21-15-10(2-3-11(18)14(15)20)16(25)22-26-7-9(24)6-23/h1-5,9,21,23-24H,6-7H2,(H,22,25). The molecule has 0 fully saturated rings. The number of carbonyl (C=O) groups excluding carboxylic acids is 1. The molecule has 2 rings (SSSR count). The van der Waals surface area contributed by atoms with Crippen molar-refractivity contribution >= 4 is 33.2 Å². The smallest absolute Gasteiger partial charge is 0.277 e. The summed E-state index contributed by atoms with van der Waals surface area (Å²) >= 11 is 3.07. The van der Waals surface area contributed by atoms with Gasteiger partial charge in [0.05, 0.1) is 23.5 Å². The number of hydrogen-bond donors (Lipinski definition) is 4. The Hall–Kier alpha value is -2.14. The number of halogens is 4. The molecular weight excluding hydrogens is 421 g/mol. The van der Waals surface area contributed by atoms with E-state index in [9.17, 15) is 18.0 Å². The normalized spacial score (nSPS) is 11.9. The molecule has 0 aliphatic rings. The number of carbonyl (C=O) groups is 1. The zero-order chi connectivity index (χ0) is 19.3. The zero-order valence-electron chi connectivity index (χ0n) is 13.1. The molecule has 0 aliphatic carbocycles. The summed E-state index contributed by atoms with van der Waals surface area (Å²) in [6.45, 7) is -1.01. The van der Waals surface area contributed by atoms with Crippen LogP contribution < -0.4 is 10.8 Å². The van der Waals surface area contributed by atoms with Gasteiger partial charge in [0, 0.05) is 4.47 Å². The number of hydrogen-bond acceptors (Lipinski definition) is 5. The van der Waals surface area contributed by atoms with Crippen LogP contribution in [0.3, 0.4) is 0 Å². The molecule has 26 heavy (non-hydrogen) atoms. The highest BCUT2D eigenvalue weighted by Gasteiger charge is 2.20. The number of benzene rings is 2. The van der Waals surface area contributed by atoms with Gasteiger partial charge in [-0.05, 0) is 30.3 Å². The Morgan fingerprint density at radius 3 is 2.58 bits per heavy atom. The quantitative estimate of drug-likeness (QED) is 0.503. The lowest BCUT2D eigenvalue weighted by Gasteiger charge is -2.15. The Morgan fingerprint density at radius 2 is 1.92 bits per heavy atom. The van der Waals surface area contributed by atoms with Gasteiger partial charge in [-0.25, -0.2) is 18.7 Å². The molecule has 0 saturated heterocycles. The summed E-state index contributed by atoms with van der Waals surface area (Å²) in [7, 11) is 0. The van der Waals surface area contributed by atoms with Crippen molar-refractivity contribution in [3.63, 3.8) is 0 Å². The van der Waals surface area contributed by atoms with Crippen LogP contribution in [-0.2, 0) is 4.84 Å². The van der Waals surface area contributed by atoms with E-state index in [0.29, 0.717) is 4.47 Å². The van der Waals surface area contributed by atoms with Crippen molar-refractivity contribution in [3.8, 4) is 0 Å². The van der Waals surface area contributed by atoms with E-state index in [0.717, 1.165) is 18.2 Å². The minimum atomic E-state index is -1.38. The maximum Gasteiger partial charge on any atom is 0.277 e. The van der Waals surface area contributed by atoms with Crippen LogP contribution in [-0.4, -0.2) is 35.4 Å². The summed E-state index contributed by atoms with van der Waals surface area (Å²) in [6, 6.07) is 5.58. The molecule has 0 heterocycles. The third-order valence-electron chi connectivity index (χ3n) is 3.18. The number of nitrogens with one attached hydrogen (secondary N) is 2. The third-order valence-corrected chi connectivity index (χ3v) is 3.67. The average molecular weight is 435 g/mol. The predicted molar refractivity (Wildman–Crippen MR) is 90.3 cm³/mol. The van der Waals surface area contributed by atoms with Gasteiger partial charge in [-0.15, -0.1) is 0 Å². The Bertz CT molecular complexity index is 807. The Labute approximate surface area is 154 Å². The summed E-state index contributed by atoms with van der Waals surface area (Å²) in [5, 5.41) is 20.1. The molecule has 6 nitrogen and oxygen atoms in total. The maximum atomic E-state index is 14.2. The van der Waals surface area contributed by atoms with E-state index in [-0.39, 0.29) is 11.3 Å². The molecule has 1 atom stereocenters. The van der Waals surface area contributed by atoms with E-state index < -0.39 is 48.4 Å². The van der Waals surface area contributed by atoms with Crippen molar-refractivity contribution < 1.29 is 33.0 Å². The largest absolute Gasteiger partial charge is 0.394 e. The lowest BCUT2D eigenvalue weighted by atomic mass is 10.1. The van der Waals surface area contributed by atoms with E-state index in [1.807, 2.05) is 5.48 Å². The van der Waals surface area contributed by atoms with E-state index >= 15 is 0 Å². The third kappa shape index (κ3) is 4.94. The van der Waals surface area contributed by atoms with Crippen LogP contribution in [0, 0.1) is 17.5 Å². The van der Waals surface area contributed by atoms with E-state index in [1.165, 1.54) is 12.1 Å². The summed E-state index contributed by atoms with van der Waals surface area (Å²) in [5.74, 6) is -4.33. The Kier molecular flexibility index (Phi) is 6.98. The molecule has 1 amide bonds. The first-order valence-electron chi connectivity index (χ1n) is 7.24. The topological polar surface area (TPSA) is 90.8 Å². The molecule has 2 aromatic carbocycles. The number of aliphatic hydroxyl groups excluding tert-OH is 2. The number of amides is 1. The molecule has 0 bridgehead atoms. The molecule has 140 valence electrons. The second kappa shape index (κ2) is 8.99. The first kappa shape index (κ1) is 20.2. The van der Waals surface area contributed by atoms with Gasteiger partial charge in [0.2, 0.25) is 0 Å². The molecule has 1 unspecified atom stereocenters. The molecule has 0 spiro atoms. The molecule has 0 radical (unpaired) electrons. The summed E-state index contributed by atoms with van der Waals surface area (Å²) in [4.78, 5) is 16.8. The highest BCUT2D eigenvalue weighted by Crippen LogP contribution is 2.29. The van der Waals surface area contributed by atoms with Gasteiger partial charge >= 0.3 is 0 Å². The fraction of sp³-hybridized carbons (Fsp3) is 0.188.